The highest BCUT2D eigenvalue weighted by atomic mass is 16.6. The van der Waals surface area contributed by atoms with Crippen LogP contribution >= 0.6 is 0 Å². The van der Waals surface area contributed by atoms with Crippen molar-refractivity contribution in [2.75, 3.05) is 12.1 Å². The Morgan fingerprint density at radius 1 is 1.58 bits per heavy atom. The van der Waals surface area contributed by atoms with Gasteiger partial charge >= 0.3 is 5.69 Å². The maximum atomic E-state index is 11.8. The summed E-state index contributed by atoms with van der Waals surface area (Å²) in [5, 5.41) is 37.4. The van der Waals surface area contributed by atoms with Gasteiger partial charge in [0.1, 0.15) is 18.3 Å². The topological polar surface area (TPSA) is 137 Å². The summed E-state index contributed by atoms with van der Waals surface area (Å²) in [4.78, 5) is 15.3. The first kappa shape index (κ1) is 13.9. The number of hydrogen-bond acceptors (Lipinski definition) is 8. The summed E-state index contributed by atoms with van der Waals surface area (Å²) in [7, 11) is 0. The van der Waals surface area contributed by atoms with E-state index >= 15 is 0 Å². The Morgan fingerprint density at radius 3 is 2.74 bits per heavy atom. The molecule has 2 rings (SSSR count). The van der Waals surface area contributed by atoms with Crippen molar-refractivity contribution in [1.82, 2.24) is 9.55 Å². The molecule has 9 nitrogen and oxygen atoms in total. The van der Waals surface area contributed by atoms with Gasteiger partial charge in [-0.2, -0.15) is 4.98 Å². The van der Waals surface area contributed by atoms with Gasteiger partial charge in [0, 0.05) is 6.20 Å². The lowest BCUT2D eigenvalue weighted by Gasteiger charge is -2.29. The molecule has 2 unspecified atom stereocenters. The molecule has 1 fully saturated rings. The van der Waals surface area contributed by atoms with E-state index in [0.717, 1.165) is 4.57 Å². The third-order valence-electron chi connectivity index (χ3n) is 3.22. The Labute approximate surface area is 107 Å². The second-order valence-electron chi connectivity index (χ2n) is 4.41. The van der Waals surface area contributed by atoms with E-state index in [2.05, 4.69) is 4.98 Å². The van der Waals surface area contributed by atoms with Gasteiger partial charge in [0.15, 0.2) is 11.5 Å². The van der Waals surface area contributed by atoms with E-state index in [1.807, 2.05) is 0 Å². The molecule has 5 N–H and O–H groups in total. The van der Waals surface area contributed by atoms with Crippen molar-refractivity contribution in [2.45, 2.75) is 31.0 Å². The standard InChI is InChI=1S/C10H15N3O6/c1-10(8(16)7(15)5(4-14)19-10)13-3-2-6(12-18)11-9(13)17/h2-3,5,7-8,14-16,18H,4H2,1H3,(H,11,12,17)/t5-,7?,8?,10-/m1/s1. The molecule has 1 aromatic rings. The molecule has 0 amide bonds. The molecular weight excluding hydrogens is 258 g/mol. The first-order valence-corrected chi connectivity index (χ1v) is 5.59. The molecule has 0 saturated carbocycles. The minimum atomic E-state index is -1.55. The summed E-state index contributed by atoms with van der Waals surface area (Å²) in [5.74, 6) is -0.0587. The highest BCUT2D eigenvalue weighted by Gasteiger charge is 2.52. The van der Waals surface area contributed by atoms with E-state index in [4.69, 9.17) is 15.1 Å². The zero-order chi connectivity index (χ0) is 14.2. The van der Waals surface area contributed by atoms with Crippen LogP contribution in [0.3, 0.4) is 0 Å². The fourth-order valence-electron chi connectivity index (χ4n) is 2.11. The summed E-state index contributed by atoms with van der Waals surface area (Å²) in [6.07, 6.45) is -2.47. The van der Waals surface area contributed by atoms with Crippen LogP contribution in [0.5, 0.6) is 0 Å². The van der Waals surface area contributed by atoms with E-state index in [1.54, 1.807) is 5.48 Å². The lowest BCUT2D eigenvalue weighted by atomic mass is 10.0. The summed E-state index contributed by atoms with van der Waals surface area (Å²) in [6.45, 7) is 0.901. The second-order valence-corrected chi connectivity index (χ2v) is 4.41. The normalized spacial score (nSPS) is 34.5. The predicted octanol–water partition coefficient (Wildman–Crippen LogP) is -2.17. The monoisotopic (exact) mass is 273 g/mol. The van der Waals surface area contributed by atoms with E-state index in [-0.39, 0.29) is 5.82 Å². The van der Waals surface area contributed by atoms with Gasteiger partial charge in [-0.1, -0.05) is 0 Å². The lowest BCUT2D eigenvalue weighted by Crippen LogP contribution is -2.48. The van der Waals surface area contributed by atoms with Crippen LogP contribution < -0.4 is 11.2 Å². The molecule has 1 saturated heterocycles. The molecule has 0 radical (unpaired) electrons. The maximum Gasteiger partial charge on any atom is 0.352 e. The molecule has 19 heavy (non-hydrogen) atoms. The van der Waals surface area contributed by atoms with Crippen molar-refractivity contribution in [2.24, 2.45) is 0 Å². The zero-order valence-corrected chi connectivity index (χ0v) is 10.1. The van der Waals surface area contributed by atoms with Gasteiger partial charge in [0.2, 0.25) is 0 Å². The Balaban J connectivity index is 2.43. The van der Waals surface area contributed by atoms with Crippen molar-refractivity contribution in [3.63, 3.8) is 0 Å². The molecule has 106 valence electrons. The third-order valence-corrected chi connectivity index (χ3v) is 3.22. The molecule has 2 heterocycles. The highest BCUT2D eigenvalue weighted by molar-refractivity contribution is 5.28. The van der Waals surface area contributed by atoms with Crippen molar-refractivity contribution < 1.29 is 25.3 Å². The third kappa shape index (κ3) is 2.11. The van der Waals surface area contributed by atoms with Crippen LogP contribution in [0.1, 0.15) is 6.92 Å². The minimum Gasteiger partial charge on any atom is -0.394 e. The van der Waals surface area contributed by atoms with Crippen LogP contribution in [0.15, 0.2) is 17.1 Å². The van der Waals surface area contributed by atoms with Crippen molar-refractivity contribution in [3.05, 3.63) is 22.7 Å². The minimum absolute atomic E-state index is 0.0587. The number of aromatic nitrogens is 2. The summed E-state index contributed by atoms with van der Waals surface area (Å²) < 4.78 is 6.34. The molecule has 0 spiro atoms. The van der Waals surface area contributed by atoms with Gasteiger partial charge in [-0.25, -0.2) is 4.79 Å². The van der Waals surface area contributed by atoms with Crippen LogP contribution in [0.4, 0.5) is 5.82 Å². The molecule has 0 aliphatic carbocycles. The number of hydrogen-bond donors (Lipinski definition) is 5. The van der Waals surface area contributed by atoms with Crippen LogP contribution in [0.25, 0.3) is 0 Å². The lowest BCUT2D eigenvalue weighted by molar-refractivity contribution is -0.137. The van der Waals surface area contributed by atoms with Gasteiger partial charge in [-0.3, -0.25) is 15.3 Å². The molecular formula is C10H15N3O6. The fraction of sp³-hybridized carbons (Fsp3) is 0.600. The Morgan fingerprint density at radius 2 is 2.26 bits per heavy atom. The number of nitrogens with zero attached hydrogens (tertiary/aromatic N) is 2. The maximum absolute atomic E-state index is 11.8. The van der Waals surface area contributed by atoms with Crippen LogP contribution in [0, 0.1) is 0 Å². The van der Waals surface area contributed by atoms with Gasteiger partial charge in [0.25, 0.3) is 0 Å². The van der Waals surface area contributed by atoms with Gasteiger partial charge in [-0.05, 0) is 13.0 Å². The van der Waals surface area contributed by atoms with Crippen LogP contribution in [-0.4, -0.2) is 55.0 Å². The quantitative estimate of drug-likeness (QED) is 0.392. The number of aliphatic hydroxyl groups excluding tert-OH is 3. The van der Waals surface area contributed by atoms with Crippen LogP contribution in [0.2, 0.25) is 0 Å². The first-order chi connectivity index (χ1) is 8.93. The zero-order valence-electron chi connectivity index (χ0n) is 10.1. The molecule has 9 heteroatoms. The number of nitrogens with one attached hydrogen (secondary N) is 1. The smallest absolute Gasteiger partial charge is 0.352 e. The Hall–Kier alpha value is -1.52. The second kappa shape index (κ2) is 4.87. The molecule has 1 aliphatic heterocycles. The Kier molecular flexibility index (Phi) is 3.56. The number of aliphatic hydroxyl groups is 3. The van der Waals surface area contributed by atoms with Crippen molar-refractivity contribution in [3.8, 4) is 0 Å². The van der Waals surface area contributed by atoms with Crippen LogP contribution in [-0.2, 0) is 10.5 Å². The molecule has 4 atom stereocenters. The molecule has 0 bridgehead atoms. The predicted molar refractivity (Wildman–Crippen MR) is 61.5 cm³/mol. The largest absolute Gasteiger partial charge is 0.394 e. The average molecular weight is 273 g/mol. The average Bonchev–Trinajstić information content (AvgIpc) is 2.63. The van der Waals surface area contributed by atoms with E-state index in [9.17, 15) is 15.0 Å². The summed E-state index contributed by atoms with van der Waals surface area (Å²) in [6, 6.07) is 1.29. The van der Waals surface area contributed by atoms with E-state index < -0.39 is 36.3 Å². The molecule has 0 aromatic carbocycles. The number of ether oxygens (including phenoxy) is 1. The van der Waals surface area contributed by atoms with Gasteiger partial charge in [-0.15, -0.1) is 0 Å². The summed E-state index contributed by atoms with van der Waals surface area (Å²) in [5.41, 5.74) is -0.616. The van der Waals surface area contributed by atoms with Gasteiger partial charge in [0.05, 0.1) is 6.61 Å². The van der Waals surface area contributed by atoms with E-state index in [0.29, 0.717) is 0 Å². The number of anilines is 1. The SMILES string of the molecule is C[C@@]1(n2ccc(NO)nc2=O)O[C@H](CO)C(O)C1O. The fourth-order valence-corrected chi connectivity index (χ4v) is 2.11. The first-order valence-electron chi connectivity index (χ1n) is 5.59. The van der Waals surface area contributed by atoms with Crippen molar-refractivity contribution >= 4 is 5.82 Å². The number of rotatable bonds is 3. The Bertz CT molecular complexity index is 520. The summed E-state index contributed by atoms with van der Waals surface area (Å²) >= 11 is 0. The van der Waals surface area contributed by atoms with Gasteiger partial charge < -0.3 is 20.1 Å². The van der Waals surface area contributed by atoms with Crippen molar-refractivity contribution in [1.29, 1.82) is 0 Å². The highest BCUT2D eigenvalue weighted by Crippen LogP contribution is 2.34. The molecule has 1 aromatic heterocycles. The van der Waals surface area contributed by atoms with E-state index in [1.165, 1.54) is 19.2 Å². The molecule has 1 aliphatic rings.